The van der Waals surface area contributed by atoms with Gasteiger partial charge >= 0.3 is 0 Å². The number of phenols is 1. The summed E-state index contributed by atoms with van der Waals surface area (Å²) in [5.74, 6) is 0.676. The van der Waals surface area contributed by atoms with Gasteiger partial charge in [0.15, 0.2) is 11.5 Å². The number of aryl methyl sites for hydroxylation is 1. The van der Waals surface area contributed by atoms with Crippen LogP contribution in [-0.4, -0.2) is 17.8 Å². The van der Waals surface area contributed by atoms with E-state index in [-0.39, 0.29) is 11.3 Å². The molecule has 3 nitrogen and oxygen atoms in total. The minimum atomic E-state index is -0.104. The summed E-state index contributed by atoms with van der Waals surface area (Å²) in [7, 11) is 1.54. The van der Waals surface area contributed by atoms with E-state index >= 15 is 0 Å². The molecule has 0 fully saturated rings. The zero-order chi connectivity index (χ0) is 12.2. The lowest BCUT2D eigenvalue weighted by Gasteiger charge is -2.22. The summed E-state index contributed by atoms with van der Waals surface area (Å²) in [5, 5.41) is 9.45. The average molecular weight is 244 g/mol. The lowest BCUT2D eigenvalue weighted by atomic mass is 9.96. The summed E-state index contributed by atoms with van der Waals surface area (Å²) in [6, 6.07) is 5.39. The Balaban J connectivity index is 2.68. The number of aromatic hydroxyl groups is 1. The fraction of sp³-hybridized carbons (Fsp3) is 0.500. The highest BCUT2D eigenvalue weighted by Gasteiger charge is 2.15. The van der Waals surface area contributed by atoms with Crippen LogP contribution in [0.3, 0.4) is 0 Å². The molecular weight excluding hydrogens is 226 g/mol. The van der Waals surface area contributed by atoms with Gasteiger partial charge in [0, 0.05) is 5.54 Å². The molecular formula is C12H18ClNO2. The molecule has 2 N–H and O–H groups in total. The van der Waals surface area contributed by atoms with Gasteiger partial charge in [-0.3, -0.25) is 0 Å². The molecule has 0 amide bonds. The highest BCUT2D eigenvalue weighted by atomic mass is 35.5. The van der Waals surface area contributed by atoms with Crippen LogP contribution in [0.15, 0.2) is 18.2 Å². The lowest BCUT2D eigenvalue weighted by molar-refractivity contribution is 0.372. The molecule has 0 aliphatic rings. The Morgan fingerprint density at radius 1 is 1.44 bits per heavy atom. The molecule has 0 radical (unpaired) electrons. The molecule has 1 aromatic rings. The molecule has 0 aromatic heterocycles. The maximum absolute atomic E-state index is 9.45. The molecule has 0 aliphatic carbocycles. The number of rotatable bonds is 5. The molecule has 0 unspecified atom stereocenters. The third-order valence-corrected chi connectivity index (χ3v) is 3.05. The SMILES string of the molecule is COc1cc(CCC(C)(C)NCl)ccc1O. The van der Waals surface area contributed by atoms with Crippen molar-refractivity contribution >= 4 is 11.8 Å². The number of halogens is 1. The first-order chi connectivity index (χ1) is 7.48. The number of ether oxygens (including phenoxy) is 1. The second-order valence-electron chi connectivity index (χ2n) is 4.48. The number of methoxy groups -OCH3 is 1. The first kappa shape index (κ1) is 13.1. The maximum Gasteiger partial charge on any atom is 0.160 e. The predicted octanol–water partition coefficient (Wildman–Crippen LogP) is 2.86. The molecule has 1 rings (SSSR count). The lowest BCUT2D eigenvalue weighted by Crippen LogP contribution is -2.32. The van der Waals surface area contributed by atoms with Gasteiger partial charge in [0.2, 0.25) is 0 Å². The zero-order valence-electron chi connectivity index (χ0n) is 9.88. The summed E-state index contributed by atoms with van der Waals surface area (Å²) >= 11 is 5.63. The normalized spacial score (nSPS) is 11.5. The fourth-order valence-electron chi connectivity index (χ4n) is 1.38. The third-order valence-electron chi connectivity index (χ3n) is 2.54. The highest BCUT2D eigenvalue weighted by Crippen LogP contribution is 2.27. The van der Waals surface area contributed by atoms with E-state index in [9.17, 15) is 5.11 Å². The Bertz CT molecular complexity index is 353. The molecule has 0 spiro atoms. The molecule has 0 heterocycles. The summed E-state index contributed by atoms with van der Waals surface area (Å²) in [6.07, 6.45) is 1.79. The number of benzene rings is 1. The van der Waals surface area contributed by atoms with Crippen LogP contribution in [0.2, 0.25) is 0 Å². The highest BCUT2D eigenvalue weighted by molar-refractivity contribution is 6.13. The van der Waals surface area contributed by atoms with Crippen molar-refractivity contribution in [2.24, 2.45) is 0 Å². The van der Waals surface area contributed by atoms with E-state index in [1.807, 2.05) is 26.0 Å². The number of nitrogens with one attached hydrogen (secondary N) is 1. The van der Waals surface area contributed by atoms with E-state index in [0.717, 1.165) is 18.4 Å². The Hall–Kier alpha value is -0.930. The van der Waals surface area contributed by atoms with Crippen molar-refractivity contribution in [3.8, 4) is 11.5 Å². The molecule has 1 aromatic carbocycles. The van der Waals surface area contributed by atoms with Gasteiger partial charge in [-0.2, -0.15) is 0 Å². The number of phenolic OH excluding ortho intramolecular Hbond substituents is 1. The molecule has 90 valence electrons. The van der Waals surface area contributed by atoms with Crippen LogP contribution in [-0.2, 0) is 6.42 Å². The molecule has 0 atom stereocenters. The monoisotopic (exact) mass is 243 g/mol. The van der Waals surface area contributed by atoms with Crippen LogP contribution in [0, 0.1) is 0 Å². The smallest absolute Gasteiger partial charge is 0.160 e. The van der Waals surface area contributed by atoms with Crippen molar-refractivity contribution in [1.82, 2.24) is 4.84 Å². The largest absolute Gasteiger partial charge is 0.504 e. The van der Waals surface area contributed by atoms with Gasteiger partial charge in [0.05, 0.1) is 7.11 Å². The molecule has 0 aliphatic heterocycles. The van der Waals surface area contributed by atoms with E-state index in [4.69, 9.17) is 16.5 Å². The van der Waals surface area contributed by atoms with Crippen molar-refractivity contribution in [2.45, 2.75) is 32.2 Å². The molecule has 16 heavy (non-hydrogen) atoms. The zero-order valence-corrected chi connectivity index (χ0v) is 10.6. The molecule has 4 heteroatoms. The van der Waals surface area contributed by atoms with E-state index in [0.29, 0.717) is 5.75 Å². The first-order valence-corrected chi connectivity index (χ1v) is 5.60. The first-order valence-electron chi connectivity index (χ1n) is 5.22. The Morgan fingerprint density at radius 2 is 2.12 bits per heavy atom. The van der Waals surface area contributed by atoms with Gasteiger partial charge in [0.25, 0.3) is 0 Å². The second kappa shape index (κ2) is 5.41. The Morgan fingerprint density at radius 3 is 2.69 bits per heavy atom. The van der Waals surface area contributed by atoms with Crippen LogP contribution < -0.4 is 9.57 Å². The quantitative estimate of drug-likeness (QED) is 0.782. The van der Waals surface area contributed by atoms with Gasteiger partial charge < -0.3 is 9.84 Å². The average Bonchev–Trinajstić information content (AvgIpc) is 2.28. The fourth-order valence-corrected chi connectivity index (χ4v) is 1.48. The van der Waals surface area contributed by atoms with Crippen LogP contribution in [0.25, 0.3) is 0 Å². The van der Waals surface area contributed by atoms with Crippen LogP contribution in [0.1, 0.15) is 25.8 Å². The van der Waals surface area contributed by atoms with Gasteiger partial charge in [-0.25, -0.2) is 4.84 Å². The van der Waals surface area contributed by atoms with E-state index in [1.54, 1.807) is 13.2 Å². The minimum absolute atomic E-state index is 0.104. The van der Waals surface area contributed by atoms with Gasteiger partial charge in [-0.05, 0) is 56.2 Å². The standard InChI is InChI=1S/C12H18ClNO2/c1-12(2,14-13)7-6-9-4-5-10(15)11(8-9)16-3/h4-5,8,14-15H,6-7H2,1-3H3. The molecule has 0 saturated carbocycles. The number of hydrogen-bond donors (Lipinski definition) is 2. The molecule has 0 bridgehead atoms. The van der Waals surface area contributed by atoms with Crippen molar-refractivity contribution in [3.63, 3.8) is 0 Å². The summed E-state index contributed by atoms with van der Waals surface area (Å²) in [5.41, 5.74) is 1.02. The Labute approximate surface area is 101 Å². The van der Waals surface area contributed by atoms with Crippen molar-refractivity contribution < 1.29 is 9.84 Å². The molecule has 0 saturated heterocycles. The van der Waals surface area contributed by atoms with Crippen molar-refractivity contribution in [1.29, 1.82) is 0 Å². The van der Waals surface area contributed by atoms with Crippen LogP contribution in [0.5, 0.6) is 11.5 Å². The van der Waals surface area contributed by atoms with E-state index in [2.05, 4.69) is 4.84 Å². The topological polar surface area (TPSA) is 41.5 Å². The minimum Gasteiger partial charge on any atom is -0.504 e. The van der Waals surface area contributed by atoms with E-state index < -0.39 is 0 Å². The van der Waals surface area contributed by atoms with Crippen molar-refractivity contribution in [3.05, 3.63) is 23.8 Å². The van der Waals surface area contributed by atoms with E-state index in [1.165, 1.54) is 0 Å². The predicted molar refractivity (Wildman–Crippen MR) is 66.0 cm³/mol. The third kappa shape index (κ3) is 3.58. The summed E-state index contributed by atoms with van der Waals surface area (Å²) in [6.45, 7) is 4.08. The van der Waals surface area contributed by atoms with Crippen molar-refractivity contribution in [2.75, 3.05) is 7.11 Å². The summed E-state index contributed by atoms with van der Waals surface area (Å²) < 4.78 is 5.05. The number of hydrogen-bond acceptors (Lipinski definition) is 3. The second-order valence-corrected chi connectivity index (χ2v) is 4.67. The Kier molecular flexibility index (Phi) is 4.44. The van der Waals surface area contributed by atoms with Gasteiger partial charge in [-0.1, -0.05) is 6.07 Å². The van der Waals surface area contributed by atoms with Gasteiger partial charge in [0.1, 0.15) is 0 Å². The van der Waals surface area contributed by atoms with Gasteiger partial charge in [-0.15, -0.1) is 0 Å². The van der Waals surface area contributed by atoms with Crippen LogP contribution in [0.4, 0.5) is 0 Å². The maximum atomic E-state index is 9.45. The van der Waals surface area contributed by atoms with Crippen LogP contribution >= 0.6 is 11.8 Å². The summed E-state index contributed by atoms with van der Waals surface area (Å²) in [4.78, 5) is 2.74.